The first-order valence-corrected chi connectivity index (χ1v) is 15.1. The van der Waals surface area contributed by atoms with Crippen molar-refractivity contribution in [2.24, 2.45) is 5.41 Å². The molecule has 1 saturated heterocycles. The summed E-state index contributed by atoms with van der Waals surface area (Å²) in [6.45, 7) is 7.01. The van der Waals surface area contributed by atoms with Crippen LogP contribution in [0.2, 0.25) is 0 Å². The van der Waals surface area contributed by atoms with Gasteiger partial charge in [-0.1, -0.05) is 24.3 Å². The van der Waals surface area contributed by atoms with Gasteiger partial charge in [0.1, 0.15) is 11.6 Å². The van der Waals surface area contributed by atoms with E-state index in [0.717, 1.165) is 46.9 Å². The number of carbonyl (C=O) groups excluding carboxylic acids is 1. The van der Waals surface area contributed by atoms with Crippen molar-refractivity contribution in [1.82, 2.24) is 29.6 Å². The van der Waals surface area contributed by atoms with E-state index in [9.17, 15) is 18.4 Å². The smallest absolute Gasteiger partial charge is 0.330 e. The molecule has 0 saturated carbocycles. The molecular weight excluding hydrogens is 590 g/mol. The SMILES string of the molecule is CC(C)(C)C(=O)ON1CCC(n2cc(-c3ccc(-c4cccc(Cn5nc(-c6cc(F)cc(F)c6)ccc5=O)c4)nc3)cn2)CC1. The van der Waals surface area contributed by atoms with Gasteiger partial charge in [0.05, 0.1) is 35.6 Å². The normalized spacial score (nSPS) is 14.4. The fourth-order valence-corrected chi connectivity index (χ4v) is 5.29. The van der Waals surface area contributed by atoms with Gasteiger partial charge in [0.25, 0.3) is 5.56 Å². The average Bonchev–Trinajstić information content (AvgIpc) is 3.52. The van der Waals surface area contributed by atoms with Crippen molar-refractivity contribution < 1.29 is 18.4 Å². The monoisotopic (exact) mass is 624 g/mol. The number of rotatable bonds is 7. The van der Waals surface area contributed by atoms with Gasteiger partial charge in [0.2, 0.25) is 0 Å². The van der Waals surface area contributed by atoms with Gasteiger partial charge in [-0.3, -0.25) is 14.5 Å². The summed E-state index contributed by atoms with van der Waals surface area (Å²) in [7, 11) is 0. The summed E-state index contributed by atoms with van der Waals surface area (Å²) in [5.41, 5.74) is 4.02. The van der Waals surface area contributed by atoms with E-state index in [1.54, 1.807) is 5.06 Å². The zero-order valence-electron chi connectivity index (χ0n) is 25.9. The Bertz CT molecular complexity index is 1900. The van der Waals surface area contributed by atoms with Gasteiger partial charge < -0.3 is 4.84 Å². The van der Waals surface area contributed by atoms with Crippen molar-refractivity contribution in [3.05, 3.63) is 113 Å². The van der Waals surface area contributed by atoms with Crippen LogP contribution in [0.4, 0.5) is 8.78 Å². The molecule has 9 nitrogen and oxygen atoms in total. The highest BCUT2D eigenvalue weighted by Gasteiger charge is 2.29. The molecule has 11 heteroatoms. The van der Waals surface area contributed by atoms with Gasteiger partial charge >= 0.3 is 5.97 Å². The van der Waals surface area contributed by atoms with Crippen LogP contribution in [-0.4, -0.2) is 48.7 Å². The van der Waals surface area contributed by atoms with E-state index in [0.29, 0.717) is 18.8 Å². The summed E-state index contributed by atoms with van der Waals surface area (Å²) in [5, 5.41) is 10.7. The van der Waals surface area contributed by atoms with Crippen molar-refractivity contribution in [3.8, 4) is 33.6 Å². The summed E-state index contributed by atoms with van der Waals surface area (Å²) < 4.78 is 30.8. The van der Waals surface area contributed by atoms with Crippen LogP contribution in [0.5, 0.6) is 0 Å². The Morgan fingerprint density at radius 1 is 0.870 bits per heavy atom. The van der Waals surface area contributed by atoms with Crippen LogP contribution in [0.1, 0.15) is 45.2 Å². The fourth-order valence-electron chi connectivity index (χ4n) is 5.29. The maximum atomic E-state index is 13.8. The highest BCUT2D eigenvalue weighted by atomic mass is 19.1. The third-order valence-corrected chi connectivity index (χ3v) is 7.90. The molecular formula is C35H34F2N6O3. The number of hydrogen-bond acceptors (Lipinski definition) is 7. The lowest BCUT2D eigenvalue weighted by molar-refractivity contribution is -0.205. The van der Waals surface area contributed by atoms with Crippen LogP contribution in [-0.2, 0) is 16.2 Å². The minimum Gasteiger partial charge on any atom is -0.367 e. The molecule has 3 aromatic heterocycles. The van der Waals surface area contributed by atoms with Crippen LogP contribution >= 0.6 is 0 Å². The second kappa shape index (κ2) is 12.8. The third kappa shape index (κ3) is 7.10. The Kier molecular flexibility index (Phi) is 8.59. The molecule has 2 aromatic carbocycles. The molecule has 0 atom stereocenters. The lowest BCUT2D eigenvalue weighted by Gasteiger charge is -2.32. The molecule has 0 aliphatic carbocycles. The highest BCUT2D eigenvalue weighted by molar-refractivity contribution is 5.75. The first-order chi connectivity index (χ1) is 22.0. The number of nitrogens with zero attached hydrogens (tertiary/aromatic N) is 6. The number of benzene rings is 2. The van der Waals surface area contributed by atoms with E-state index >= 15 is 0 Å². The number of aromatic nitrogens is 5. The number of halogens is 2. The van der Waals surface area contributed by atoms with Crippen molar-refractivity contribution in [3.63, 3.8) is 0 Å². The molecule has 6 rings (SSSR count). The molecule has 1 fully saturated rings. The molecule has 4 heterocycles. The van der Waals surface area contributed by atoms with E-state index in [1.165, 1.54) is 28.9 Å². The minimum absolute atomic E-state index is 0.174. The van der Waals surface area contributed by atoms with Crippen molar-refractivity contribution in [2.45, 2.75) is 46.2 Å². The predicted molar refractivity (Wildman–Crippen MR) is 169 cm³/mol. The van der Waals surface area contributed by atoms with Crippen molar-refractivity contribution in [2.75, 3.05) is 13.1 Å². The maximum absolute atomic E-state index is 13.8. The number of carbonyl (C=O) groups is 1. The van der Waals surface area contributed by atoms with Crippen molar-refractivity contribution >= 4 is 5.97 Å². The number of pyridine rings is 1. The molecule has 46 heavy (non-hydrogen) atoms. The molecule has 0 amide bonds. The fraction of sp³-hybridized carbons (Fsp3) is 0.286. The van der Waals surface area contributed by atoms with E-state index in [4.69, 9.17) is 9.82 Å². The predicted octanol–water partition coefficient (Wildman–Crippen LogP) is 6.30. The molecule has 0 spiro atoms. The number of piperidine rings is 1. The lowest BCUT2D eigenvalue weighted by atomic mass is 9.98. The molecule has 0 radical (unpaired) electrons. The van der Waals surface area contributed by atoms with Crippen molar-refractivity contribution in [1.29, 1.82) is 0 Å². The molecule has 0 N–H and O–H groups in total. The second-order valence-corrected chi connectivity index (χ2v) is 12.5. The minimum atomic E-state index is -0.715. The van der Waals surface area contributed by atoms with Crippen LogP contribution in [0.15, 0.2) is 90.1 Å². The Hall–Kier alpha value is -5.03. The van der Waals surface area contributed by atoms with Gasteiger partial charge in [0, 0.05) is 59.9 Å². The Morgan fingerprint density at radius 3 is 2.30 bits per heavy atom. The quantitative estimate of drug-likeness (QED) is 0.210. The summed E-state index contributed by atoms with van der Waals surface area (Å²) in [6, 6.07) is 17.7. The molecule has 0 unspecified atom stereocenters. The average molecular weight is 625 g/mol. The summed E-state index contributed by atoms with van der Waals surface area (Å²) in [4.78, 5) is 35.0. The molecule has 1 aliphatic rings. The van der Waals surface area contributed by atoms with E-state index in [1.807, 2.05) is 80.4 Å². The largest absolute Gasteiger partial charge is 0.367 e. The van der Waals surface area contributed by atoms with Gasteiger partial charge in [-0.2, -0.15) is 10.2 Å². The third-order valence-electron chi connectivity index (χ3n) is 7.90. The van der Waals surface area contributed by atoms with Crippen LogP contribution in [0.3, 0.4) is 0 Å². The Morgan fingerprint density at radius 2 is 1.61 bits per heavy atom. The summed E-state index contributed by atoms with van der Waals surface area (Å²) >= 11 is 0. The van der Waals surface area contributed by atoms with Gasteiger partial charge in [-0.25, -0.2) is 18.3 Å². The second-order valence-electron chi connectivity index (χ2n) is 12.5. The first-order valence-electron chi connectivity index (χ1n) is 15.1. The van der Waals surface area contributed by atoms with E-state index in [2.05, 4.69) is 10.2 Å². The summed E-state index contributed by atoms with van der Waals surface area (Å²) in [5.74, 6) is -1.66. The van der Waals surface area contributed by atoms with Crippen LogP contribution in [0, 0.1) is 17.0 Å². The Balaban J connectivity index is 1.12. The standard InChI is InChI=1S/C35H34F2N6O3/c1-35(2,3)34(45)46-41-13-11-30(12-14-41)42-22-27(20-39-42)25-7-8-31(38-19-25)24-6-4-5-23(15-24)21-43-33(44)10-9-32(40-43)26-16-28(36)18-29(37)17-26/h4-10,15-20,22,30H,11-14,21H2,1-3H3. The highest BCUT2D eigenvalue weighted by Crippen LogP contribution is 2.28. The van der Waals surface area contributed by atoms with E-state index < -0.39 is 17.0 Å². The zero-order valence-corrected chi connectivity index (χ0v) is 25.9. The van der Waals surface area contributed by atoms with Crippen LogP contribution < -0.4 is 5.56 Å². The summed E-state index contributed by atoms with van der Waals surface area (Å²) in [6.07, 6.45) is 7.31. The lowest BCUT2D eigenvalue weighted by Crippen LogP contribution is -2.39. The molecule has 5 aromatic rings. The van der Waals surface area contributed by atoms with Gasteiger partial charge in [0.15, 0.2) is 0 Å². The number of hydrogen-bond donors (Lipinski definition) is 0. The van der Waals surface area contributed by atoms with E-state index in [-0.39, 0.29) is 29.7 Å². The van der Waals surface area contributed by atoms with Gasteiger partial charge in [-0.05, 0) is 69.5 Å². The van der Waals surface area contributed by atoms with Crippen LogP contribution in [0.25, 0.3) is 33.6 Å². The molecule has 1 aliphatic heterocycles. The first kappa shape index (κ1) is 31.0. The molecule has 0 bridgehead atoms. The molecule has 236 valence electrons. The Labute approximate surface area is 265 Å². The maximum Gasteiger partial charge on any atom is 0.330 e. The van der Waals surface area contributed by atoms with Gasteiger partial charge in [-0.15, -0.1) is 5.06 Å². The number of hydroxylamine groups is 2. The zero-order chi connectivity index (χ0) is 32.4. The topological polar surface area (TPSA) is 95.1 Å².